The topological polar surface area (TPSA) is 6.48 Å². The Morgan fingerprint density at radius 3 is 1.47 bits per heavy atom. The van der Waals surface area contributed by atoms with E-state index in [4.69, 9.17) is 0 Å². The lowest BCUT2D eigenvalue weighted by Gasteiger charge is -2.33. The minimum Gasteiger partial charge on any atom is -0.310 e. The van der Waals surface area contributed by atoms with Crippen LogP contribution in [-0.2, 0) is 5.41 Å². The average Bonchev–Trinajstić information content (AvgIpc) is 3.96. The molecule has 0 fully saturated rings. The molecule has 1 unspecified atom stereocenters. The summed E-state index contributed by atoms with van der Waals surface area (Å²) < 4.78 is 0. The summed E-state index contributed by atoms with van der Waals surface area (Å²) in [5.41, 5.74) is 23.6. The van der Waals surface area contributed by atoms with Crippen LogP contribution in [0.15, 0.2) is 291 Å². The van der Waals surface area contributed by atoms with Crippen molar-refractivity contribution in [1.29, 1.82) is 0 Å². The maximum atomic E-state index is 2.51. The minimum atomic E-state index is -0.522. The van der Waals surface area contributed by atoms with E-state index in [0.29, 0.717) is 0 Å². The van der Waals surface area contributed by atoms with Crippen LogP contribution in [0.2, 0.25) is 0 Å². The molecule has 0 aliphatic heterocycles. The van der Waals surface area contributed by atoms with E-state index in [0.717, 1.165) is 45.3 Å². The normalized spacial score (nSPS) is 13.8. The van der Waals surface area contributed by atoms with Gasteiger partial charge in [-0.05, 0) is 138 Å². The van der Waals surface area contributed by atoms with E-state index < -0.39 is 5.41 Å². The highest BCUT2D eigenvalue weighted by molar-refractivity contribution is 6.07. The number of hydrogen-bond donors (Lipinski definition) is 0. The first-order valence-corrected chi connectivity index (χ1v) is 25.3. The van der Waals surface area contributed by atoms with Gasteiger partial charge >= 0.3 is 0 Å². The highest BCUT2D eigenvalue weighted by Crippen LogP contribution is 2.66. The third kappa shape index (κ3) is 6.79. The summed E-state index contributed by atoms with van der Waals surface area (Å²) in [6.45, 7) is 0. The molecular weight excluding hydrogens is 881 g/mol. The Kier molecular flexibility index (Phi) is 10.1. The largest absolute Gasteiger partial charge is 0.310 e. The number of hydrogen-bond acceptors (Lipinski definition) is 2. The van der Waals surface area contributed by atoms with Gasteiger partial charge in [-0.25, -0.2) is 0 Å². The fourth-order valence-electron chi connectivity index (χ4n) is 12.2. The molecular formula is C71H48N2. The molecule has 12 aromatic carbocycles. The fraction of sp³-hybridized carbons (Fsp3) is 0.0141. The van der Waals surface area contributed by atoms with Crippen LogP contribution in [0.3, 0.4) is 0 Å². The van der Waals surface area contributed by atoms with Crippen LogP contribution in [0.4, 0.5) is 34.1 Å². The van der Waals surface area contributed by atoms with E-state index in [-0.39, 0.29) is 0 Å². The summed E-state index contributed by atoms with van der Waals surface area (Å²) in [7, 11) is 0. The lowest BCUT2D eigenvalue weighted by atomic mass is 9.69. The number of para-hydroxylation sites is 2. The van der Waals surface area contributed by atoms with Crippen molar-refractivity contribution in [3.63, 3.8) is 0 Å². The van der Waals surface area contributed by atoms with Crippen molar-refractivity contribution >= 4 is 44.9 Å². The summed E-state index contributed by atoms with van der Waals surface area (Å²) in [5, 5.41) is 2.55. The van der Waals surface area contributed by atoms with Gasteiger partial charge in [-0.15, -0.1) is 0 Å². The second-order valence-corrected chi connectivity index (χ2v) is 19.1. The number of rotatable bonds is 9. The van der Waals surface area contributed by atoms with Crippen molar-refractivity contribution in [2.24, 2.45) is 0 Å². The van der Waals surface area contributed by atoms with Crippen LogP contribution in [-0.4, -0.2) is 0 Å². The fourth-order valence-corrected chi connectivity index (χ4v) is 12.2. The van der Waals surface area contributed by atoms with Gasteiger partial charge in [0, 0.05) is 33.9 Å². The molecule has 0 aromatic heterocycles. The van der Waals surface area contributed by atoms with Crippen molar-refractivity contribution in [2.75, 3.05) is 9.80 Å². The Morgan fingerprint density at radius 1 is 0.247 bits per heavy atom. The smallest absolute Gasteiger partial charge is 0.0732 e. The Balaban J connectivity index is 0.935. The van der Waals surface area contributed by atoms with E-state index in [2.05, 4.69) is 301 Å². The molecule has 0 N–H and O–H groups in total. The molecule has 0 saturated heterocycles. The predicted molar refractivity (Wildman–Crippen MR) is 306 cm³/mol. The van der Waals surface area contributed by atoms with Gasteiger partial charge in [-0.2, -0.15) is 0 Å². The van der Waals surface area contributed by atoms with Gasteiger partial charge in [-0.3, -0.25) is 0 Å². The highest BCUT2D eigenvalue weighted by atomic mass is 15.2. The van der Waals surface area contributed by atoms with Crippen molar-refractivity contribution in [2.45, 2.75) is 5.41 Å². The number of benzene rings is 12. The van der Waals surface area contributed by atoms with E-state index in [9.17, 15) is 0 Å². The summed E-state index contributed by atoms with van der Waals surface area (Å²) in [6.07, 6.45) is 0. The standard InChI is InChI=1S/C71H48N2/c1-4-20-49(21-5-1)50-38-43-56(44-39-50)72(55-26-8-3-9-27-55)58-28-18-25-54(48-58)51-40-45-57(46-41-51)73(67-36-17-14-29-59(67)52-22-6-2-7-23-52)68-37-19-35-66-69(68)63-32-13-16-34-65(63)71(66)64-33-15-12-31-61(64)62-47-42-53-24-10-11-30-60(53)70(62)71/h1-48H. The van der Waals surface area contributed by atoms with Gasteiger partial charge in [0.25, 0.3) is 0 Å². The highest BCUT2D eigenvalue weighted by Gasteiger charge is 2.53. The third-order valence-corrected chi connectivity index (χ3v) is 15.3. The van der Waals surface area contributed by atoms with E-state index in [1.807, 2.05) is 0 Å². The first-order chi connectivity index (χ1) is 36.2. The van der Waals surface area contributed by atoms with Gasteiger partial charge in [0.15, 0.2) is 0 Å². The Bertz CT molecular complexity index is 4010. The Hall–Kier alpha value is -9.50. The SMILES string of the molecule is c1ccc(-c2ccc(N(c3ccccc3)c3cccc(-c4ccc(N(c5ccccc5-c5ccccc5)c5cccc6c5-c5ccccc5C65c6ccccc6-c6ccc7ccccc7c65)cc4)c3)cc2)cc1. The van der Waals surface area contributed by atoms with Crippen LogP contribution in [0.5, 0.6) is 0 Å². The molecule has 14 rings (SSSR count). The van der Waals surface area contributed by atoms with Crippen molar-refractivity contribution in [1.82, 2.24) is 0 Å². The lowest BCUT2D eigenvalue weighted by molar-refractivity contribution is 0.801. The molecule has 342 valence electrons. The summed E-state index contributed by atoms with van der Waals surface area (Å²) >= 11 is 0. The second-order valence-electron chi connectivity index (χ2n) is 19.1. The van der Waals surface area contributed by atoms with Gasteiger partial charge < -0.3 is 9.80 Å². The molecule has 2 aliphatic carbocycles. The van der Waals surface area contributed by atoms with E-state index >= 15 is 0 Å². The maximum Gasteiger partial charge on any atom is 0.0732 e. The molecule has 0 radical (unpaired) electrons. The molecule has 73 heavy (non-hydrogen) atoms. The predicted octanol–water partition coefficient (Wildman–Crippen LogP) is 19.1. The second kappa shape index (κ2) is 17.4. The summed E-state index contributed by atoms with van der Waals surface area (Å²) in [6, 6.07) is 107. The first kappa shape index (κ1) is 42.4. The van der Waals surface area contributed by atoms with Crippen molar-refractivity contribution in [3.05, 3.63) is 313 Å². The van der Waals surface area contributed by atoms with Gasteiger partial charge in [0.1, 0.15) is 0 Å². The first-order valence-electron chi connectivity index (χ1n) is 25.3. The third-order valence-electron chi connectivity index (χ3n) is 15.3. The van der Waals surface area contributed by atoms with Gasteiger partial charge in [0.2, 0.25) is 0 Å². The molecule has 2 nitrogen and oxygen atoms in total. The average molecular weight is 929 g/mol. The monoisotopic (exact) mass is 928 g/mol. The molecule has 0 heterocycles. The quantitative estimate of drug-likeness (QED) is 0.142. The van der Waals surface area contributed by atoms with Gasteiger partial charge in [-0.1, -0.05) is 231 Å². The van der Waals surface area contributed by atoms with Gasteiger partial charge in [0.05, 0.1) is 16.8 Å². The van der Waals surface area contributed by atoms with Crippen LogP contribution in [0, 0.1) is 0 Å². The summed E-state index contributed by atoms with van der Waals surface area (Å²) in [4.78, 5) is 4.86. The zero-order valence-electron chi connectivity index (χ0n) is 40.1. The zero-order valence-corrected chi connectivity index (χ0v) is 40.1. The summed E-state index contributed by atoms with van der Waals surface area (Å²) in [5.74, 6) is 0. The Labute approximate surface area is 427 Å². The number of nitrogens with zero attached hydrogens (tertiary/aromatic N) is 2. The molecule has 0 bridgehead atoms. The van der Waals surface area contributed by atoms with Crippen molar-refractivity contribution in [3.8, 4) is 55.6 Å². The Morgan fingerprint density at radius 2 is 0.726 bits per heavy atom. The van der Waals surface area contributed by atoms with E-state index in [1.165, 1.54) is 77.5 Å². The number of anilines is 6. The molecule has 0 saturated carbocycles. The molecule has 12 aromatic rings. The molecule has 2 heteroatoms. The van der Waals surface area contributed by atoms with Crippen LogP contribution < -0.4 is 9.80 Å². The zero-order chi connectivity index (χ0) is 48.3. The minimum absolute atomic E-state index is 0.522. The van der Waals surface area contributed by atoms with Crippen LogP contribution >= 0.6 is 0 Å². The molecule has 2 aliphatic rings. The molecule has 1 atom stereocenters. The van der Waals surface area contributed by atoms with Crippen LogP contribution in [0.1, 0.15) is 22.3 Å². The number of fused-ring (bicyclic) bond motifs is 12. The lowest BCUT2D eigenvalue weighted by Crippen LogP contribution is -2.26. The van der Waals surface area contributed by atoms with E-state index in [1.54, 1.807) is 0 Å². The van der Waals surface area contributed by atoms with Crippen molar-refractivity contribution < 1.29 is 0 Å². The van der Waals surface area contributed by atoms with Crippen LogP contribution in [0.25, 0.3) is 66.4 Å². The molecule has 1 spiro atoms. The maximum absolute atomic E-state index is 2.51. The molecule has 0 amide bonds.